The number of hydrogen-bond acceptors (Lipinski definition) is 3. The summed E-state index contributed by atoms with van der Waals surface area (Å²) >= 11 is 0. The van der Waals surface area contributed by atoms with E-state index in [1.54, 1.807) is 6.08 Å². The number of nitrogens with two attached hydrogens (primary N) is 1. The molecule has 4 nitrogen and oxygen atoms in total. The number of nitrogens with one attached hydrogen (secondary N) is 2. The second-order valence-electron chi connectivity index (χ2n) is 3.97. The quantitative estimate of drug-likeness (QED) is 0.676. The average Bonchev–Trinajstić information content (AvgIpc) is 2.42. The highest BCUT2D eigenvalue weighted by Gasteiger charge is 2.18. The molecule has 4 heteroatoms. The van der Waals surface area contributed by atoms with Crippen LogP contribution in [0.3, 0.4) is 0 Å². The van der Waals surface area contributed by atoms with E-state index in [4.69, 9.17) is 5.73 Å². The molecule has 1 aliphatic rings. The Morgan fingerprint density at radius 3 is 2.56 bits per heavy atom. The minimum Gasteiger partial charge on any atom is -0.351 e. The van der Waals surface area contributed by atoms with Crippen LogP contribution in [0.4, 0.5) is 0 Å². The normalized spacial score (nSPS) is 19.3. The Hall–Kier alpha value is -0.870. The molecule has 1 aliphatic heterocycles. The molecule has 2 unspecified atom stereocenters. The van der Waals surface area contributed by atoms with Crippen molar-refractivity contribution in [3.63, 3.8) is 0 Å². The Morgan fingerprint density at radius 1 is 1.61 bits per heavy atom. The van der Waals surface area contributed by atoms with E-state index in [9.17, 15) is 4.79 Å². The fraction of sp³-hybridized carbons (Fsp3) is 0.786. The maximum absolute atomic E-state index is 11.4. The molecule has 0 saturated carbocycles. The summed E-state index contributed by atoms with van der Waals surface area (Å²) in [5.74, 6) is -0.0174. The van der Waals surface area contributed by atoms with Gasteiger partial charge in [0.05, 0.1) is 6.04 Å². The van der Waals surface area contributed by atoms with E-state index >= 15 is 0 Å². The third kappa shape index (κ3) is 10.3. The molecule has 0 aromatic heterocycles. The van der Waals surface area contributed by atoms with E-state index in [0.29, 0.717) is 6.42 Å². The van der Waals surface area contributed by atoms with Crippen LogP contribution < -0.4 is 16.4 Å². The van der Waals surface area contributed by atoms with Gasteiger partial charge < -0.3 is 16.4 Å². The second kappa shape index (κ2) is 14.2. The maximum Gasteiger partial charge on any atom is 0.237 e. The zero-order valence-corrected chi connectivity index (χ0v) is 12.5. The van der Waals surface area contributed by atoms with Crippen LogP contribution in [0.5, 0.6) is 0 Å². The van der Waals surface area contributed by atoms with Crippen molar-refractivity contribution < 1.29 is 4.79 Å². The average molecular weight is 257 g/mol. The first-order chi connectivity index (χ1) is 8.65. The van der Waals surface area contributed by atoms with Crippen molar-refractivity contribution in [1.29, 1.82) is 0 Å². The summed E-state index contributed by atoms with van der Waals surface area (Å²) in [5, 5.41) is 6.18. The molecule has 108 valence electrons. The van der Waals surface area contributed by atoms with Gasteiger partial charge in [0, 0.05) is 12.6 Å². The van der Waals surface area contributed by atoms with Crippen LogP contribution in [-0.4, -0.2) is 31.1 Å². The fourth-order valence-electron chi connectivity index (χ4n) is 1.47. The minimum absolute atomic E-state index is 0.0174. The molecule has 0 spiro atoms. The molecule has 0 aliphatic carbocycles. The van der Waals surface area contributed by atoms with Crippen LogP contribution in [0.25, 0.3) is 0 Å². The van der Waals surface area contributed by atoms with Crippen LogP contribution in [0, 0.1) is 0 Å². The molecule has 0 aromatic rings. The number of piperidine rings is 1. The number of amides is 1. The smallest absolute Gasteiger partial charge is 0.237 e. The van der Waals surface area contributed by atoms with Crippen molar-refractivity contribution >= 4 is 5.91 Å². The summed E-state index contributed by atoms with van der Waals surface area (Å²) in [6.45, 7) is 13.1. The van der Waals surface area contributed by atoms with Gasteiger partial charge in [-0.05, 0) is 32.7 Å². The third-order valence-electron chi connectivity index (χ3n) is 2.42. The lowest BCUT2D eigenvalue weighted by molar-refractivity contribution is -0.123. The summed E-state index contributed by atoms with van der Waals surface area (Å²) in [6.07, 6.45) is 4.65. The number of carbonyl (C=O) groups excluding carboxylic acids is 1. The highest BCUT2D eigenvalue weighted by atomic mass is 16.2. The first-order valence-electron chi connectivity index (χ1n) is 6.99. The zero-order chi connectivity index (χ0) is 14.4. The van der Waals surface area contributed by atoms with Crippen molar-refractivity contribution in [2.75, 3.05) is 13.1 Å². The van der Waals surface area contributed by atoms with Crippen LogP contribution in [0.1, 0.15) is 47.0 Å². The highest BCUT2D eigenvalue weighted by Crippen LogP contribution is 2.01. The van der Waals surface area contributed by atoms with Gasteiger partial charge in [0.2, 0.25) is 5.91 Å². The lowest BCUT2D eigenvalue weighted by atomic mass is 10.1. The van der Waals surface area contributed by atoms with Gasteiger partial charge in [-0.1, -0.05) is 26.8 Å². The Balaban J connectivity index is 0. The summed E-state index contributed by atoms with van der Waals surface area (Å²) < 4.78 is 0. The van der Waals surface area contributed by atoms with E-state index in [-0.39, 0.29) is 18.0 Å². The number of carbonyl (C=O) groups is 1. The van der Waals surface area contributed by atoms with Crippen molar-refractivity contribution in [3.05, 3.63) is 12.7 Å². The lowest BCUT2D eigenvalue weighted by Crippen LogP contribution is -2.50. The van der Waals surface area contributed by atoms with Gasteiger partial charge in [-0.15, -0.1) is 6.58 Å². The van der Waals surface area contributed by atoms with E-state index in [0.717, 1.165) is 25.9 Å². The first-order valence-corrected chi connectivity index (χ1v) is 6.99. The molecule has 1 heterocycles. The lowest BCUT2D eigenvalue weighted by Gasteiger charge is -2.24. The van der Waals surface area contributed by atoms with Gasteiger partial charge >= 0.3 is 0 Å². The standard InChI is InChI=1S/C9H19N3O.C3H6.C2H6/c1-2-8(10)9(13)12-7-4-3-5-11-6-7;1-3-2;1-2/h7-8,11H,2-6,10H2,1H3,(H,12,13);3H,1H2,2H3;1-2H3. The largest absolute Gasteiger partial charge is 0.351 e. The third-order valence-corrected chi connectivity index (χ3v) is 2.42. The summed E-state index contributed by atoms with van der Waals surface area (Å²) in [6, 6.07) is -0.0687. The SMILES string of the molecule is C=CC.CC.CCC(N)C(=O)NC1CCCNC1. The Kier molecular flexibility index (Phi) is 15.4. The number of rotatable bonds is 3. The van der Waals surface area contributed by atoms with Crippen LogP contribution >= 0.6 is 0 Å². The van der Waals surface area contributed by atoms with Gasteiger partial charge in [-0.3, -0.25) is 4.79 Å². The second-order valence-corrected chi connectivity index (χ2v) is 3.97. The molecular weight excluding hydrogens is 226 g/mol. The van der Waals surface area contributed by atoms with Crippen molar-refractivity contribution in [3.8, 4) is 0 Å². The van der Waals surface area contributed by atoms with E-state index in [1.165, 1.54) is 0 Å². The number of allylic oxidation sites excluding steroid dienone is 1. The predicted octanol–water partition coefficient (Wildman–Crippen LogP) is 1.81. The van der Waals surface area contributed by atoms with Crippen LogP contribution in [0.2, 0.25) is 0 Å². The van der Waals surface area contributed by atoms with Gasteiger partial charge in [0.15, 0.2) is 0 Å². The fourth-order valence-corrected chi connectivity index (χ4v) is 1.47. The molecule has 4 N–H and O–H groups in total. The van der Waals surface area contributed by atoms with E-state index in [1.807, 2.05) is 27.7 Å². The molecule has 1 amide bonds. The van der Waals surface area contributed by atoms with E-state index in [2.05, 4.69) is 17.2 Å². The summed E-state index contributed by atoms with van der Waals surface area (Å²) in [7, 11) is 0. The monoisotopic (exact) mass is 257 g/mol. The molecule has 18 heavy (non-hydrogen) atoms. The summed E-state index contributed by atoms with van der Waals surface area (Å²) in [4.78, 5) is 11.4. The molecule has 0 bridgehead atoms. The number of hydrogen-bond donors (Lipinski definition) is 3. The Labute approximate surface area is 112 Å². The van der Waals surface area contributed by atoms with Crippen molar-refractivity contribution in [2.24, 2.45) is 5.73 Å². The topological polar surface area (TPSA) is 67.2 Å². The highest BCUT2D eigenvalue weighted by molar-refractivity contribution is 5.81. The molecule has 1 saturated heterocycles. The first kappa shape index (κ1) is 19.5. The summed E-state index contributed by atoms with van der Waals surface area (Å²) in [5.41, 5.74) is 5.60. The molecule has 1 fully saturated rings. The maximum atomic E-state index is 11.4. The van der Waals surface area contributed by atoms with Crippen molar-refractivity contribution in [2.45, 2.75) is 59.0 Å². The Morgan fingerprint density at radius 2 is 2.17 bits per heavy atom. The van der Waals surface area contributed by atoms with Crippen molar-refractivity contribution in [1.82, 2.24) is 10.6 Å². The van der Waals surface area contributed by atoms with Gasteiger partial charge in [-0.2, -0.15) is 0 Å². The predicted molar refractivity (Wildman–Crippen MR) is 79.5 cm³/mol. The molecule has 2 atom stereocenters. The van der Waals surface area contributed by atoms with Gasteiger partial charge in [0.25, 0.3) is 0 Å². The van der Waals surface area contributed by atoms with Crippen LogP contribution in [0.15, 0.2) is 12.7 Å². The van der Waals surface area contributed by atoms with E-state index < -0.39 is 0 Å². The minimum atomic E-state index is -0.345. The molecule has 0 radical (unpaired) electrons. The molecule has 1 rings (SSSR count). The van der Waals surface area contributed by atoms with Crippen LogP contribution in [-0.2, 0) is 4.79 Å². The molecular formula is C14H31N3O. The Bertz CT molecular complexity index is 201. The zero-order valence-electron chi connectivity index (χ0n) is 12.5. The van der Waals surface area contributed by atoms with Gasteiger partial charge in [0.1, 0.15) is 0 Å². The molecule has 0 aromatic carbocycles. The van der Waals surface area contributed by atoms with Gasteiger partial charge in [-0.25, -0.2) is 0 Å².